The number of carbonyl (C=O) groups is 1. The van der Waals surface area contributed by atoms with Crippen molar-refractivity contribution in [1.29, 1.82) is 0 Å². The second-order valence-electron chi connectivity index (χ2n) is 5.23. The summed E-state index contributed by atoms with van der Waals surface area (Å²) in [6.07, 6.45) is 1.15. The molecule has 0 aliphatic heterocycles. The molecule has 0 heterocycles. The number of methoxy groups -OCH3 is 2. The van der Waals surface area contributed by atoms with E-state index in [2.05, 4.69) is 5.32 Å². The second-order valence-corrected chi connectivity index (χ2v) is 5.23. The molecule has 2 rings (SSSR count). The Balaban J connectivity index is 1.63. The third-order valence-corrected chi connectivity index (χ3v) is 3.53. The fourth-order valence-electron chi connectivity index (χ4n) is 2.19. The molecule has 0 bridgehead atoms. The molecule has 0 aliphatic rings. The Morgan fingerprint density at radius 1 is 0.958 bits per heavy atom. The van der Waals surface area contributed by atoms with Crippen LogP contribution in [-0.2, 0) is 11.2 Å². The number of nitrogens with one attached hydrogen (secondary N) is 1. The molecule has 0 saturated heterocycles. The molecule has 0 aliphatic carbocycles. The van der Waals surface area contributed by atoms with Crippen molar-refractivity contribution in [2.75, 3.05) is 27.4 Å². The predicted octanol–water partition coefficient (Wildman–Crippen LogP) is 2.83. The van der Waals surface area contributed by atoms with Gasteiger partial charge >= 0.3 is 0 Å². The van der Waals surface area contributed by atoms with Crippen LogP contribution in [0.4, 0.5) is 0 Å². The lowest BCUT2D eigenvalue weighted by molar-refractivity contribution is -0.121. The average Bonchev–Trinajstić information content (AvgIpc) is 2.64. The minimum Gasteiger partial charge on any atom is -0.497 e. The molecule has 0 atom stereocenters. The van der Waals surface area contributed by atoms with Crippen LogP contribution in [0.15, 0.2) is 48.5 Å². The van der Waals surface area contributed by atoms with Crippen LogP contribution in [0.1, 0.15) is 12.0 Å². The van der Waals surface area contributed by atoms with E-state index in [1.807, 2.05) is 48.5 Å². The summed E-state index contributed by atoms with van der Waals surface area (Å²) >= 11 is 0. The molecule has 0 aromatic heterocycles. The lowest BCUT2D eigenvalue weighted by atomic mass is 10.1. The van der Waals surface area contributed by atoms with Crippen LogP contribution >= 0.6 is 0 Å². The number of carbonyl (C=O) groups excluding carboxylic acids is 1. The largest absolute Gasteiger partial charge is 0.497 e. The first kappa shape index (κ1) is 17.7. The summed E-state index contributed by atoms with van der Waals surface area (Å²) < 4.78 is 15.8. The smallest absolute Gasteiger partial charge is 0.220 e. The summed E-state index contributed by atoms with van der Waals surface area (Å²) in [4.78, 5) is 11.8. The second kappa shape index (κ2) is 9.45. The number of rotatable bonds is 9. The zero-order valence-corrected chi connectivity index (χ0v) is 14.1. The van der Waals surface area contributed by atoms with Crippen LogP contribution in [0, 0.1) is 0 Å². The Kier molecular flexibility index (Phi) is 6.95. The zero-order chi connectivity index (χ0) is 17.2. The van der Waals surface area contributed by atoms with Gasteiger partial charge in [-0.25, -0.2) is 0 Å². The van der Waals surface area contributed by atoms with E-state index in [0.717, 1.165) is 22.8 Å². The van der Waals surface area contributed by atoms with Gasteiger partial charge in [0.2, 0.25) is 5.91 Å². The van der Waals surface area contributed by atoms with Gasteiger partial charge in [-0.2, -0.15) is 0 Å². The first-order valence-corrected chi connectivity index (χ1v) is 7.88. The minimum absolute atomic E-state index is 0.0139. The predicted molar refractivity (Wildman–Crippen MR) is 92.8 cm³/mol. The van der Waals surface area contributed by atoms with Gasteiger partial charge in [-0.05, 0) is 36.2 Å². The maximum atomic E-state index is 11.8. The number of ether oxygens (including phenoxy) is 3. The average molecular weight is 329 g/mol. The monoisotopic (exact) mass is 329 g/mol. The van der Waals surface area contributed by atoms with Gasteiger partial charge in [0.05, 0.1) is 20.8 Å². The molecule has 1 amide bonds. The molecule has 0 unspecified atom stereocenters. The minimum atomic E-state index is 0.0139. The van der Waals surface area contributed by atoms with E-state index >= 15 is 0 Å². The van der Waals surface area contributed by atoms with Crippen LogP contribution in [0.5, 0.6) is 17.2 Å². The van der Waals surface area contributed by atoms with Gasteiger partial charge in [-0.15, -0.1) is 0 Å². The first-order chi connectivity index (χ1) is 11.7. The van der Waals surface area contributed by atoms with Crippen molar-refractivity contribution in [2.24, 2.45) is 0 Å². The van der Waals surface area contributed by atoms with Gasteiger partial charge in [0.1, 0.15) is 23.9 Å². The van der Waals surface area contributed by atoms with Crippen LogP contribution < -0.4 is 19.5 Å². The third-order valence-electron chi connectivity index (χ3n) is 3.53. The number of hydrogen-bond donors (Lipinski definition) is 1. The zero-order valence-electron chi connectivity index (χ0n) is 14.1. The van der Waals surface area contributed by atoms with Crippen molar-refractivity contribution in [2.45, 2.75) is 12.8 Å². The van der Waals surface area contributed by atoms with E-state index < -0.39 is 0 Å². The molecule has 5 heteroatoms. The summed E-state index contributed by atoms with van der Waals surface area (Å²) in [5.41, 5.74) is 1.11. The van der Waals surface area contributed by atoms with Crippen molar-refractivity contribution in [3.05, 3.63) is 54.1 Å². The lowest BCUT2D eigenvalue weighted by Crippen LogP contribution is -2.28. The highest BCUT2D eigenvalue weighted by molar-refractivity contribution is 5.76. The number of benzene rings is 2. The van der Waals surface area contributed by atoms with Gasteiger partial charge in [-0.1, -0.05) is 18.2 Å². The molecule has 0 saturated carbocycles. The third kappa shape index (κ3) is 5.83. The highest BCUT2D eigenvalue weighted by atomic mass is 16.5. The first-order valence-electron chi connectivity index (χ1n) is 7.88. The van der Waals surface area contributed by atoms with Crippen LogP contribution in [0.25, 0.3) is 0 Å². The van der Waals surface area contributed by atoms with E-state index in [-0.39, 0.29) is 5.91 Å². The SMILES string of the molecule is COc1ccc(CCC(=O)NCCOc2cccc(OC)c2)cc1. The topological polar surface area (TPSA) is 56.8 Å². The quantitative estimate of drug-likeness (QED) is 0.719. The Morgan fingerprint density at radius 2 is 1.67 bits per heavy atom. The summed E-state index contributed by atoms with van der Waals surface area (Å²) in [7, 11) is 3.25. The van der Waals surface area contributed by atoms with Gasteiger partial charge in [0.25, 0.3) is 0 Å². The molecule has 2 aromatic rings. The Labute approximate surface area is 142 Å². The Hall–Kier alpha value is -2.69. The van der Waals surface area contributed by atoms with Crippen LogP contribution in [0.2, 0.25) is 0 Å². The molecular weight excluding hydrogens is 306 g/mol. The Morgan fingerprint density at radius 3 is 2.38 bits per heavy atom. The van der Waals surface area contributed by atoms with E-state index in [0.29, 0.717) is 26.0 Å². The molecule has 24 heavy (non-hydrogen) atoms. The molecule has 128 valence electrons. The lowest BCUT2D eigenvalue weighted by Gasteiger charge is -2.09. The van der Waals surface area contributed by atoms with Crippen molar-refractivity contribution >= 4 is 5.91 Å². The summed E-state index contributed by atoms with van der Waals surface area (Å²) in [5.74, 6) is 2.30. The summed E-state index contributed by atoms with van der Waals surface area (Å²) in [6, 6.07) is 15.1. The summed E-state index contributed by atoms with van der Waals surface area (Å²) in [6.45, 7) is 0.889. The van der Waals surface area contributed by atoms with Crippen molar-refractivity contribution < 1.29 is 19.0 Å². The maximum absolute atomic E-state index is 11.8. The van der Waals surface area contributed by atoms with E-state index in [4.69, 9.17) is 14.2 Å². The highest BCUT2D eigenvalue weighted by Crippen LogP contribution is 2.18. The van der Waals surface area contributed by atoms with Crippen molar-refractivity contribution in [3.63, 3.8) is 0 Å². The van der Waals surface area contributed by atoms with E-state index in [1.54, 1.807) is 14.2 Å². The molecular formula is C19H23NO4. The molecule has 0 radical (unpaired) electrons. The molecule has 0 fully saturated rings. The summed E-state index contributed by atoms with van der Waals surface area (Å²) in [5, 5.41) is 2.85. The number of amides is 1. The normalized spacial score (nSPS) is 10.1. The van der Waals surface area contributed by atoms with Crippen molar-refractivity contribution in [1.82, 2.24) is 5.32 Å². The molecule has 1 N–H and O–H groups in total. The fraction of sp³-hybridized carbons (Fsp3) is 0.316. The highest BCUT2D eigenvalue weighted by Gasteiger charge is 2.03. The van der Waals surface area contributed by atoms with Gasteiger partial charge < -0.3 is 19.5 Å². The standard InChI is InChI=1S/C19H23NO4/c1-22-16-9-6-15(7-10-16)8-11-19(21)20-12-13-24-18-5-3-4-17(14-18)23-2/h3-7,9-10,14H,8,11-13H2,1-2H3,(H,20,21). The fourth-order valence-corrected chi connectivity index (χ4v) is 2.19. The molecule has 0 spiro atoms. The molecule has 5 nitrogen and oxygen atoms in total. The van der Waals surface area contributed by atoms with Gasteiger partial charge in [0.15, 0.2) is 0 Å². The van der Waals surface area contributed by atoms with E-state index in [1.165, 1.54) is 0 Å². The Bertz CT molecular complexity index is 640. The number of aryl methyl sites for hydroxylation is 1. The van der Waals surface area contributed by atoms with Gasteiger partial charge in [0, 0.05) is 12.5 Å². The molecule has 2 aromatic carbocycles. The maximum Gasteiger partial charge on any atom is 0.220 e. The van der Waals surface area contributed by atoms with Gasteiger partial charge in [-0.3, -0.25) is 4.79 Å². The number of hydrogen-bond acceptors (Lipinski definition) is 4. The van der Waals surface area contributed by atoms with E-state index in [9.17, 15) is 4.79 Å². The van der Waals surface area contributed by atoms with Crippen LogP contribution in [0.3, 0.4) is 0 Å². The van der Waals surface area contributed by atoms with Crippen LogP contribution in [-0.4, -0.2) is 33.3 Å². The van der Waals surface area contributed by atoms with Crippen molar-refractivity contribution in [3.8, 4) is 17.2 Å².